The number of ketones is 1. The predicted octanol–water partition coefficient (Wildman–Crippen LogP) is 2.51. The van der Waals surface area contributed by atoms with Gasteiger partial charge in [-0.15, -0.1) is 0 Å². The van der Waals surface area contributed by atoms with E-state index < -0.39 is 0 Å². The van der Waals surface area contributed by atoms with Gasteiger partial charge < -0.3 is 5.73 Å². The first-order valence-corrected chi connectivity index (χ1v) is 5.88. The quantitative estimate of drug-likeness (QED) is 0.681. The minimum Gasteiger partial charge on any atom is -0.328 e. The van der Waals surface area contributed by atoms with Crippen LogP contribution in [0.1, 0.15) is 52.4 Å². The number of hydrogen-bond donors (Lipinski definition) is 1. The summed E-state index contributed by atoms with van der Waals surface area (Å²) in [7, 11) is 0. The maximum absolute atomic E-state index is 11.6. The van der Waals surface area contributed by atoms with E-state index in [1.807, 2.05) is 6.92 Å². The highest BCUT2D eigenvalue weighted by atomic mass is 16.1. The van der Waals surface area contributed by atoms with Crippen molar-refractivity contribution in [1.29, 1.82) is 0 Å². The van der Waals surface area contributed by atoms with E-state index in [0.29, 0.717) is 5.78 Å². The van der Waals surface area contributed by atoms with Crippen LogP contribution < -0.4 is 5.73 Å². The molecule has 0 spiro atoms. The molecule has 0 aromatic heterocycles. The number of Topliss-reactive ketones (excluding diaryl/α,β-unsaturated/α-hetero) is 1. The Morgan fingerprint density at radius 3 is 2.50 bits per heavy atom. The van der Waals surface area contributed by atoms with Crippen molar-refractivity contribution < 1.29 is 4.79 Å². The Labute approximate surface area is 87.2 Å². The van der Waals surface area contributed by atoms with Gasteiger partial charge in [-0.3, -0.25) is 4.79 Å². The topological polar surface area (TPSA) is 43.1 Å². The maximum atomic E-state index is 11.6. The van der Waals surface area contributed by atoms with Crippen molar-refractivity contribution >= 4 is 5.78 Å². The zero-order valence-electron chi connectivity index (χ0n) is 9.46. The van der Waals surface area contributed by atoms with Gasteiger partial charge in [-0.2, -0.15) is 0 Å². The SMILES string of the molecule is CC(N)CCCC(C)C(=O)CC1CC1. The number of nitrogens with two attached hydrogens (primary N) is 1. The van der Waals surface area contributed by atoms with E-state index in [9.17, 15) is 4.79 Å². The summed E-state index contributed by atoms with van der Waals surface area (Å²) in [6.07, 6.45) is 6.54. The van der Waals surface area contributed by atoms with Crippen LogP contribution in [0.4, 0.5) is 0 Å². The molecule has 0 saturated heterocycles. The lowest BCUT2D eigenvalue weighted by Crippen LogP contribution is -2.16. The number of rotatable bonds is 7. The average Bonchev–Trinajstić information content (AvgIpc) is 2.87. The van der Waals surface area contributed by atoms with Crippen LogP contribution in [-0.2, 0) is 4.79 Å². The highest BCUT2D eigenvalue weighted by Gasteiger charge is 2.26. The molecule has 0 bridgehead atoms. The number of carbonyl (C=O) groups is 1. The molecular formula is C12H23NO. The Bertz CT molecular complexity index is 185. The first kappa shape index (κ1) is 11.7. The molecule has 0 heterocycles. The summed E-state index contributed by atoms with van der Waals surface area (Å²) in [5.41, 5.74) is 5.66. The van der Waals surface area contributed by atoms with Crippen molar-refractivity contribution in [3.8, 4) is 0 Å². The van der Waals surface area contributed by atoms with Gasteiger partial charge in [0, 0.05) is 18.4 Å². The van der Waals surface area contributed by atoms with Crippen LogP contribution >= 0.6 is 0 Å². The third kappa shape index (κ3) is 4.75. The van der Waals surface area contributed by atoms with Gasteiger partial charge in [0.25, 0.3) is 0 Å². The zero-order chi connectivity index (χ0) is 10.6. The lowest BCUT2D eigenvalue weighted by Gasteiger charge is -2.10. The van der Waals surface area contributed by atoms with Crippen molar-refractivity contribution in [1.82, 2.24) is 0 Å². The molecule has 2 unspecified atom stereocenters. The van der Waals surface area contributed by atoms with Crippen molar-refractivity contribution in [3.05, 3.63) is 0 Å². The molecule has 1 saturated carbocycles. The molecule has 1 aliphatic rings. The molecule has 0 aromatic rings. The highest BCUT2D eigenvalue weighted by molar-refractivity contribution is 5.81. The molecular weight excluding hydrogens is 174 g/mol. The van der Waals surface area contributed by atoms with E-state index in [1.54, 1.807) is 0 Å². The minimum absolute atomic E-state index is 0.259. The van der Waals surface area contributed by atoms with Crippen molar-refractivity contribution in [2.45, 2.75) is 58.4 Å². The smallest absolute Gasteiger partial charge is 0.135 e. The predicted molar refractivity (Wildman–Crippen MR) is 59.0 cm³/mol. The molecule has 2 N–H and O–H groups in total. The number of hydrogen-bond acceptors (Lipinski definition) is 2. The van der Waals surface area contributed by atoms with E-state index in [1.165, 1.54) is 12.8 Å². The Kier molecular flexibility index (Phi) is 4.59. The molecule has 2 heteroatoms. The summed E-state index contributed by atoms with van der Waals surface area (Å²) < 4.78 is 0. The molecule has 0 aromatic carbocycles. The second kappa shape index (κ2) is 5.50. The largest absolute Gasteiger partial charge is 0.328 e. The fraction of sp³-hybridized carbons (Fsp3) is 0.917. The summed E-state index contributed by atoms with van der Waals surface area (Å²) in [6.45, 7) is 4.09. The summed E-state index contributed by atoms with van der Waals surface area (Å²) in [4.78, 5) is 11.6. The third-order valence-corrected chi connectivity index (χ3v) is 3.03. The van der Waals surface area contributed by atoms with Crippen LogP contribution in [0.5, 0.6) is 0 Å². The van der Waals surface area contributed by atoms with Crippen LogP contribution in [0.2, 0.25) is 0 Å². The van der Waals surface area contributed by atoms with E-state index in [4.69, 9.17) is 5.73 Å². The molecule has 1 fully saturated rings. The van der Waals surface area contributed by atoms with Crippen LogP contribution in [-0.4, -0.2) is 11.8 Å². The Morgan fingerprint density at radius 2 is 2.00 bits per heavy atom. The van der Waals surface area contributed by atoms with Gasteiger partial charge >= 0.3 is 0 Å². The fourth-order valence-electron chi connectivity index (χ4n) is 1.71. The summed E-state index contributed by atoms with van der Waals surface area (Å²) in [5, 5.41) is 0. The lowest BCUT2D eigenvalue weighted by molar-refractivity contribution is -0.122. The second-order valence-electron chi connectivity index (χ2n) is 4.92. The summed E-state index contributed by atoms with van der Waals surface area (Å²) in [6, 6.07) is 0.278. The highest BCUT2D eigenvalue weighted by Crippen LogP contribution is 2.33. The first-order valence-electron chi connectivity index (χ1n) is 5.88. The molecule has 14 heavy (non-hydrogen) atoms. The lowest BCUT2D eigenvalue weighted by atomic mass is 9.95. The van der Waals surface area contributed by atoms with Crippen molar-refractivity contribution in [3.63, 3.8) is 0 Å². The van der Waals surface area contributed by atoms with Crippen molar-refractivity contribution in [2.75, 3.05) is 0 Å². The monoisotopic (exact) mass is 197 g/mol. The molecule has 0 aliphatic heterocycles. The van der Waals surface area contributed by atoms with Crippen LogP contribution in [0.3, 0.4) is 0 Å². The Hall–Kier alpha value is -0.370. The van der Waals surface area contributed by atoms with Gasteiger partial charge in [-0.05, 0) is 38.5 Å². The van der Waals surface area contributed by atoms with E-state index >= 15 is 0 Å². The van der Waals surface area contributed by atoms with Crippen molar-refractivity contribution in [2.24, 2.45) is 17.6 Å². The average molecular weight is 197 g/mol. The van der Waals surface area contributed by atoms with Gasteiger partial charge in [0.2, 0.25) is 0 Å². The molecule has 82 valence electrons. The van der Waals surface area contributed by atoms with Gasteiger partial charge in [-0.1, -0.05) is 13.3 Å². The molecule has 2 atom stereocenters. The minimum atomic E-state index is 0.259. The van der Waals surface area contributed by atoms with Gasteiger partial charge in [0.15, 0.2) is 0 Å². The normalized spacial score (nSPS) is 20.5. The molecule has 1 aliphatic carbocycles. The number of carbonyl (C=O) groups excluding carboxylic acids is 1. The summed E-state index contributed by atoms with van der Waals surface area (Å²) in [5.74, 6) is 1.46. The Morgan fingerprint density at radius 1 is 1.36 bits per heavy atom. The second-order valence-corrected chi connectivity index (χ2v) is 4.92. The third-order valence-electron chi connectivity index (χ3n) is 3.03. The molecule has 0 amide bonds. The van der Waals surface area contributed by atoms with E-state index in [2.05, 4.69) is 6.92 Å². The van der Waals surface area contributed by atoms with Gasteiger partial charge in [-0.25, -0.2) is 0 Å². The van der Waals surface area contributed by atoms with Crippen LogP contribution in [0.15, 0.2) is 0 Å². The van der Waals surface area contributed by atoms with Gasteiger partial charge in [0.1, 0.15) is 5.78 Å². The zero-order valence-corrected chi connectivity index (χ0v) is 9.46. The van der Waals surface area contributed by atoms with E-state index in [-0.39, 0.29) is 12.0 Å². The van der Waals surface area contributed by atoms with Crippen LogP contribution in [0, 0.1) is 11.8 Å². The van der Waals surface area contributed by atoms with Gasteiger partial charge in [0.05, 0.1) is 0 Å². The standard InChI is InChI=1S/C12H23NO/c1-9(4-3-5-10(2)13)12(14)8-11-6-7-11/h9-11H,3-8,13H2,1-2H3. The van der Waals surface area contributed by atoms with E-state index in [0.717, 1.165) is 31.6 Å². The maximum Gasteiger partial charge on any atom is 0.135 e. The molecule has 2 nitrogen and oxygen atoms in total. The fourth-order valence-corrected chi connectivity index (χ4v) is 1.71. The first-order chi connectivity index (χ1) is 6.59. The molecule has 0 radical (unpaired) electrons. The Balaban J connectivity index is 2.06. The summed E-state index contributed by atoms with van der Waals surface area (Å²) >= 11 is 0. The molecule has 1 rings (SSSR count). The van der Waals surface area contributed by atoms with Crippen LogP contribution in [0.25, 0.3) is 0 Å².